The van der Waals surface area contributed by atoms with Crippen molar-refractivity contribution in [2.24, 2.45) is 11.8 Å². The number of rotatable bonds is 6. The Morgan fingerprint density at radius 3 is 1.46 bits per heavy atom. The van der Waals surface area contributed by atoms with E-state index in [2.05, 4.69) is 12.2 Å². The molecule has 2 amide bonds. The molecule has 3 fully saturated rings. The molecule has 2 aromatic carbocycles. The molecule has 1 saturated carbocycles. The monoisotopic (exact) mass is 672 g/mol. The molecule has 2 aromatic rings. The fourth-order valence-electron chi connectivity index (χ4n) is 6.77. The van der Waals surface area contributed by atoms with Gasteiger partial charge in [-0.05, 0) is 87.1 Å². The summed E-state index contributed by atoms with van der Waals surface area (Å²) in [4.78, 5) is 28.7. The van der Waals surface area contributed by atoms with E-state index in [1.165, 1.54) is 0 Å². The van der Waals surface area contributed by atoms with Gasteiger partial charge in [-0.1, -0.05) is 35.4 Å². The van der Waals surface area contributed by atoms with E-state index in [0.717, 1.165) is 79.3 Å². The van der Waals surface area contributed by atoms with Crippen LogP contribution in [0.25, 0.3) is 0 Å². The van der Waals surface area contributed by atoms with Gasteiger partial charge in [0.15, 0.2) is 0 Å². The highest BCUT2D eigenvalue weighted by molar-refractivity contribution is 6.31. The number of ether oxygens (including phenoxy) is 2. The van der Waals surface area contributed by atoms with E-state index in [1.807, 2.05) is 60.0 Å². The Kier molecular flexibility index (Phi) is 11.9. The first-order valence-corrected chi connectivity index (χ1v) is 17.3. The van der Waals surface area contributed by atoms with Crippen LogP contribution in [0.4, 0.5) is 0 Å². The van der Waals surface area contributed by atoms with E-state index in [-0.39, 0.29) is 30.0 Å². The van der Waals surface area contributed by atoms with Crippen LogP contribution >= 0.6 is 23.2 Å². The van der Waals surface area contributed by atoms with Gasteiger partial charge in [0.1, 0.15) is 23.7 Å². The van der Waals surface area contributed by atoms with Gasteiger partial charge in [-0.15, -0.1) is 0 Å². The normalized spacial score (nSPS) is 24.1. The van der Waals surface area contributed by atoms with Crippen LogP contribution in [0.2, 0.25) is 10.0 Å². The minimum Gasteiger partial charge on any atom is -0.490 e. The second-order valence-corrected chi connectivity index (χ2v) is 13.9. The molecule has 46 heavy (non-hydrogen) atoms. The molecule has 0 spiro atoms. The largest absolute Gasteiger partial charge is 0.490 e. The lowest BCUT2D eigenvalue weighted by atomic mass is 10.0. The second-order valence-electron chi connectivity index (χ2n) is 13.0. The molecule has 2 aliphatic heterocycles. The van der Waals surface area contributed by atoms with Crippen LogP contribution < -0.4 is 9.47 Å². The number of carbonyl (C=O) groups excluding carboxylic acids is 2. The van der Waals surface area contributed by atoms with Crippen LogP contribution in [0.3, 0.4) is 0 Å². The van der Waals surface area contributed by atoms with Gasteiger partial charge in [0.2, 0.25) is 11.8 Å². The lowest BCUT2D eigenvalue weighted by molar-refractivity contribution is -0.138. The second kappa shape index (κ2) is 15.9. The summed E-state index contributed by atoms with van der Waals surface area (Å²) in [6, 6.07) is 11.3. The molecular formula is C36H46Cl2N2O6. The number of amides is 2. The Labute approximate surface area is 282 Å². The number of piperidine rings is 2. The number of hydrogen-bond acceptors (Lipinski definition) is 6. The standard InChI is InChI=1S/C18H24ClNO4.C18H22ClNO2/c1-11-8-13(19)2-3-17(11)24-14-4-6-20(7-5-14)18(23)12-9-15(21)16(22)10-12;1-13-12-15(19)6-7-17(13)22-16-8-10-20(11-9-16)18(21)14-4-2-3-5-14/h2-3,8,12,14-16,21-22H,4-7,9-10H2,1H3;2-3,6-7,12,14,16H,4-5,8-11H2,1H3. The van der Waals surface area contributed by atoms with Crippen LogP contribution in [-0.2, 0) is 9.59 Å². The van der Waals surface area contributed by atoms with Crippen molar-refractivity contribution in [3.8, 4) is 11.5 Å². The molecule has 2 N–H and O–H groups in total. The van der Waals surface area contributed by atoms with Crippen LogP contribution in [0.1, 0.15) is 62.5 Å². The van der Waals surface area contributed by atoms with Gasteiger partial charge in [0, 0.05) is 73.7 Å². The van der Waals surface area contributed by atoms with Crippen LogP contribution in [-0.4, -0.2) is 82.4 Å². The molecule has 10 heteroatoms. The third kappa shape index (κ3) is 8.97. The minimum atomic E-state index is -0.771. The first-order valence-electron chi connectivity index (χ1n) is 16.5. The number of benzene rings is 2. The van der Waals surface area contributed by atoms with E-state index in [1.54, 1.807) is 0 Å². The molecule has 0 radical (unpaired) electrons. The van der Waals surface area contributed by atoms with Crippen molar-refractivity contribution >= 4 is 35.0 Å². The number of halogens is 2. The fourth-order valence-corrected chi connectivity index (χ4v) is 7.22. The predicted molar refractivity (Wildman–Crippen MR) is 179 cm³/mol. The van der Waals surface area contributed by atoms with Crippen LogP contribution in [0.5, 0.6) is 11.5 Å². The fraction of sp³-hybridized carbons (Fsp3) is 0.556. The first kappa shape index (κ1) is 34.6. The smallest absolute Gasteiger partial charge is 0.226 e. The number of aliphatic hydroxyl groups excluding tert-OH is 2. The van der Waals surface area contributed by atoms with E-state index in [0.29, 0.717) is 36.9 Å². The molecule has 2 atom stereocenters. The summed E-state index contributed by atoms with van der Waals surface area (Å²) < 4.78 is 12.1. The zero-order chi connectivity index (χ0) is 32.8. The van der Waals surface area contributed by atoms with Crippen molar-refractivity contribution in [3.05, 3.63) is 69.7 Å². The Morgan fingerprint density at radius 1 is 0.674 bits per heavy atom. The van der Waals surface area contributed by atoms with E-state index >= 15 is 0 Å². The van der Waals surface area contributed by atoms with Crippen molar-refractivity contribution in [1.82, 2.24) is 9.80 Å². The van der Waals surface area contributed by atoms with E-state index in [9.17, 15) is 19.8 Å². The highest BCUT2D eigenvalue weighted by Crippen LogP contribution is 2.31. The number of aliphatic hydroxyl groups is 2. The Bertz CT molecular complexity index is 1370. The SMILES string of the molecule is Cc1cc(Cl)ccc1OC1CCN(C(=O)C2CC(O)C(O)C2)CC1.Cc1cc(Cl)ccc1OC1CCN(C(=O)C2CC=CC2)CC1. The summed E-state index contributed by atoms with van der Waals surface area (Å²) in [6.45, 7) is 6.88. The molecule has 8 nitrogen and oxygen atoms in total. The maximum absolute atomic E-state index is 12.5. The molecular weight excluding hydrogens is 627 g/mol. The maximum Gasteiger partial charge on any atom is 0.226 e. The zero-order valence-corrected chi connectivity index (χ0v) is 28.3. The lowest BCUT2D eigenvalue weighted by Crippen LogP contribution is -2.44. The molecule has 6 rings (SSSR count). The highest BCUT2D eigenvalue weighted by Gasteiger charge is 2.38. The summed E-state index contributed by atoms with van der Waals surface area (Å²) in [5, 5.41) is 20.7. The summed E-state index contributed by atoms with van der Waals surface area (Å²) in [7, 11) is 0. The third-order valence-corrected chi connectivity index (χ3v) is 10.0. The number of aryl methyl sites for hydroxylation is 2. The molecule has 0 aromatic heterocycles. The van der Waals surface area contributed by atoms with Gasteiger partial charge < -0.3 is 29.5 Å². The molecule has 0 bridgehead atoms. The van der Waals surface area contributed by atoms with E-state index < -0.39 is 12.2 Å². The van der Waals surface area contributed by atoms with Gasteiger partial charge in [-0.2, -0.15) is 0 Å². The van der Waals surface area contributed by atoms with Gasteiger partial charge in [-0.3, -0.25) is 9.59 Å². The van der Waals surface area contributed by atoms with Crippen molar-refractivity contribution < 1.29 is 29.3 Å². The zero-order valence-electron chi connectivity index (χ0n) is 26.7. The molecule has 2 aliphatic carbocycles. The minimum absolute atomic E-state index is 0.0479. The van der Waals surface area contributed by atoms with Gasteiger partial charge in [0.25, 0.3) is 0 Å². The molecule has 2 unspecified atom stereocenters. The summed E-state index contributed by atoms with van der Waals surface area (Å²) >= 11 is 11.9. The molecule has 2 saturated heterocycles. The number of hydrogen-bond donors (Lipinski definition) is 2. The Balaban J connectivity index is 0.000000182. The summed E-state index contributed by atoms with van der Waals surface area (Å²) in [6.07, 6.45) is 8.85. The number of carbonyl (C=O) groups is 2. The topological polar surface area (TPSA) is 99.5 Å². The maximum atomic E-state index is 12.5. The van der Waals surface area contributed by atoms with Crippen molar-refractivity contribution in [1.29, 1.82) is 0 Å². The number of allylic oxidation sites excluding steroid dienone is 2. The molecule has 4 aliphatic rings. The Hall–Kier alpha value is -2.78. The van der Waals surface area contributed by atoms with Crippen molar-refractivity contribution in [3.63, 3.8) is 0 Å². The highest BCUT2D eigenvalue weighted by atomic mass is 35.5. The number of nitrogens with zero attached hydrogens (tertiary/aromatic N) is 2. The quantitative estimate of drug-likeness (QED) is 0.358. The average Bonchev–Trinajstić information content (AvgIpc) is 3.70. The van der Waals surface area contributed by atoms with Gasteiger partial charge in [0.05, 0.1) is 12.2 Å². The van der Waals surface area contributed by atoms with Crippen LogP contribution in [0.15, 0.2) is 48.6 Å². The summed E-state index contributed by atoms with van der Waals surface area (Å²) in [5.74, 6) is 2.01. The molecule has 2 heterocycles. The van der Waals surface area contributed by atoms with Crippen LogP contribution in [0, 0.1) is 25.7 Å². The Morgan fingerprint density at radius 2 is 1.07 bits per heavy atom. The van der Waals surface area contributed by atoms with Gasteiger partial charge in [-0.25, -0.2) is 0 Å². The molecule has 250 valence electrons. The van der Waals surface area contributed by atoms with Gasteiger partial charge >= 0.3 is 0 Å². The van der Waals surface area contributed by atoms with Crippen molar-refractivity contribution in [2.45, 2.75) is 89.6 Å². The predicted octanol–water partition coefficient (Wildman–Crippen LogP) is 6.13. The van der Waals surface area contributed by atoms with Crippen molar-refractivity contribution in [2.75, 3.05) is 26.2 Å². The lowest BCUT2D eigenvalue weighted by Gasteiger charge is -2.34. The number of likely N-dealkylation sites (tertiary alicyclic amines) is 2. The van der Waals surface area contributed by atoms with E-state index in [4.69, 9.17) is 32.7 Å². The third-order valence-electron chi connectivity index (χ3n) is 9.57. The first-order chi connectivity index (χ1) is 22.1. The summed E-state index contributed by atoms with van der Waals surface area (Å²) in [5.41, 5.74) is 2.07. The average molecular weight is 674 g/mol.